The highest BCUT2D eigenvalue weighted by molar-refractivity contribution is 8.00. The molecule has 5 heteroatoms. The SMILES string of the molecule is CSC1(C)CCCC[N+]1([O-])c1ncc(-c2ccc(C)cc2)[nH]1. The first kappa shape index (κ1) is 15.6. The van der Waals surface area contributed by atoms with Crippen LogP contribution in [0.4, 0.5) is 5.95 Å². The maximum atomic E-state index is 13.5. The summed E-state index contributed by atoms with van der Waals surface area (Å²) in [5, 5.41) is 13.5. The minimum atomic E-state index is -0.361. The molecule has 1 N–H and O–H groups in total. The van der Waals surface area contributed by atoms with Gasteiger partial charge in [0, 0.05) is 13.3 Å². The van der Waals surface area contributed by atoms with Gasteiger partial charge in [0.15, 0.2) is 0 Å². The number of thioether (sulfide) groups is 1. The molecule has 1 aromatic carbocycles. The molecular weight excluding hydrogens is 294 g/mol. The van der Waals surface area contributed by atoms with Gasteiger partial charge in [0.2, 0.25) is 0 Å². The van der Waals surface area contributed by atoms with E-state index < -0.39 is 0 Å². The fourth-order valence-corrected chi connectivity index (χ4v) is 3.98. The Hall–Kier alpha value is -1.30. The van der Waals surface area contributed by atoms with Gasteiger partial charge in [-0.25, -0.2) is 0 Å². The second-order valence-electron chi connectivity index (χ2n) is 6.29. The molecule has 0 saturated carbocycles. The number of hydrogen-bond acceptors (Lipinski definition) is 3. The van der Waals surface area contributed by atoms with E-state index in [1.807, 2.05) is 6.26 Å². The topological polar surface area (TPSA) is 51.7 Å². The monoisotopic (exact) mass is 317 g/mol. The second-order valence-corrected chi connectivity index (χ2v) is 7.57. The first-order chi connectivity index (χ1) is 10.5. The highest BCUT2D eigenvalue weighted by atomic mass is 32.2. The van der Waals surface area contributed by atoms with Gasteiger partial charge in [-0.2, -0.15) is 4.98 Å². The number of imidazole rings is 1. The van der Waals surface area contributed by atoms with Crippen LogP contribution in [0.1, 0.15) is 31.7 Å². The van der Waals surface area contributed by atoms with Crippen molar-refractivity contribution in [1.82, 2.24) is 14.6 Å². The molecule has 1 aromatic heterocycles. The van der Waals surface area contributed by atoms with Gasteiger partial charge in [0.25, 0.3) is 0 Å². The molecule has 0 bridgehead atoms. The first-order valence-electron chi connectivity index (χ1n) is 7.75. The lowest BCUT2D eigenvalue weighted by atomic mass is 10.0. The Kier molecular flexibility index (Phi) is 4.05. The summed E-state index contributed by atoms with van der Waals surface area (Å²) < 4.78 is -0.361. The fraction of sp³-hybridized carbons (Fsp3) is 0.471. The number of aryl methyl sites for hydroxylation is 1. The van der Waals surface area contributed by atoms with Crippen LogP contribution in [0.15, 0.2) is 30.5 Å². The lowest BCUT2D eigenvalue weighted by molar-refractivity contribution is 0.192. The molecule has 0 aliphatic carbocycles. The first-order valence-corrected chi connectivity index (χ1v) is 8.98. The molecule has 2 heterocycles. The van der Waals surface area contributed by atoms with E-state index in [1.165, 1.54) is 5.56 Å². The van der Waals surface area contributed by atoms with Crippen molar-refractivity contribution in [2.24, 2.45) is 0 Å². The van der Waals surface area contributed by atoms with Crippen LogP contribution in [0.3, 0.4) is 0 Å². The molecule has 2 unspecified atom stereocenters. The van der Waals surface area contributed by atoms with Crippen LogP contribution >= 0.6 is 11.8 Å². The number of benzene rings is 1. The Labute approximate surface area is 136 Å². The lowest BCUT2D eigenvalue weighted by Crippen LogP contribution is -2.61. The van der Waals surface area contributed by atoms with Crippen LogP contribution in [0.5, 0.6) is 0 Å². The smallest absolute Gasteiger partial charge is 0.308 e. The van der Waals surface area contributed by atoms with Crippen LogP contribution in [0.25, 0.3) is 11.3 Å². The molecule has 22 heavy (non-hydrogen) atoms. The third-order valence-electron chi connectivity index (χ3n) is 4.83. The summed E-state index contributed by atoms with van der Waals surface area (Å²) in [6, 6.07) is 8.27. The zero-order valence-corrected chi connectivity index (χ0v) is 14.2. The summed E-state index contributed by atoms with van der Waals surface area (Å²) in [6.07, 6.45) is 6.82. The van der Waals surface area contributed by atoms with E-state index >= 15 is 0 Å². The van der Waals surface area contributed by atoms with Gasteiger partial charge in [-0.1, -0.05) is 41.6 Å². The minimum Gasteiger partial charge on any atom is -0.624 e. The number of rotatable bonds is 3. The van der Waals surface area contributed by atoms with E-state index in [9.17, 15) is 5.21 Å². The van der Waals surface area contributed by atoms with Crippen LogP contribution in [-0.2, 0) is 0 Å². The van der Waals surface area contributed by atoms with Gasteiger partial charge >= 0.3 is 5.95 Å². The van der Waals surface area contributed by atoms with Crippen molar-refractivity contribution < 1.29 is 0 Å². The zero-order chi connectivity index (χ0) is 15.8. The normalized spacial score (nSPS) is 28.7. The van der Waals surface area contributed by atoms with Crippen molar-refractivity contribution in [3.63, 3.8) is 0 Å². The quantitative estimate of drug-likeness (QED) is 0.672. The van der Waals surface area contributed by atoms with Crippen molar-refractivity contribution in [1.29, 1.82) is 0 Å². The summed E-state index contributed by atoms with van der Waals surface area (Å²) in [7, 11) is 0. The third-order valence-corrected chi connectivity index (χ3v) is 6.21. The van der Waals surface area contributed by atoms with E-state index in [0.717, 1.165) is 30.5 Å². The summed E-state index contributed by atoms with van der Waals surface area (Å²) in [5.74, 6) is 0.534. The molecule has 0 radical (unpaired) electrons. The molecule has 3 rings (SSSR count). The van der Waals surface area contributed by atoms with Gasteiger partial charge in [0.05, 0.1) is 18.4 Å². The maximum Gasteiger partial charge on any atom is 0.308 e. The Morgan fingerprint density at radius 2 is 2.00 bits per heavy atom. The summed E-state index contributed by atoms with van der Waals surface area (Å²) in [6.45, 7) is 4.73. The number of nitrogens with one attached hydrogen (secondary N) is 1. The summed E-state index contributed by atoms with van der Waals surface area (Å²) >= 11 is 1.66. The predicted molar refractivity (Wildman–Crippen MR) is 94.6 cm³/mol. The number of aromatic amines is 1. The highest BCUT2D eigenvalue weighted by Crippen LogP contribution is 2.44. The Morgan fingerprint density at radius 3 is 2.68 bits per heavy atom. The number of hydrogen-bond donors (Lipinski definition) is 1. The molecule has 1 aliphatic heterocycles. The van der Waals surface area contributed by atoms with Crippen molar-refractivity contribution in [3.05, 3.63) is 41.2 Å². The molecule has 2 atom stereocenters. The Morgan fingerprint density at radius 1 is 1.27 bits per heavy atom. The summed E-state index contributed by atoms with van der Waals surface area (Å²) in [4.78, 5) is 7.37. The molecule has 1 aliphatic rings. The van der Waals surface area contributed by atoms with Crippen LogP contribution in [0.2, 0.25) is 0 Å². The molecule has 118 valence electrons. The lowest BCUT2D eigenvalue weighted by Gasteiger charge is -2.54. The molecule has 2 aromatic rings. The van der Waals surface area contributed by atoms with Gasteiger partial charge < -0.3 is 5.21 Å². The largest absolute Gasteiger partial charge is 0.624 e. The van der Waals surface area contributed by atoms with Crippen LogP contribution < -0.4 is 4.65 Å². The standard InChI is InChI=1S/C17H23N3OS/c1-13-6-8-14(9-7-13)15-12-18-16(19-15)20(21)11-5-4-10-17(20,2)22-3/h6-9,12H,4-5,10-11H2,1-3H3,(H,18,19). The zero-order valence-electron chi connectivity index (χ0n) is 13.4. The third kappa shape index (κ3) is 2.47. The average molecular weight is 317 g/mol. The number of piperidine rings is 1. The fourth-order valence-electron chi connectivity index (χ4n) is 3.16. The van der Waals surface area contributed by atoms with Gasteiger partial charge in [0.1, 0.15) is 4.87 Å². The number of H-pyrrole nitrogens is 1. The number of aromatic nitrogens is 2. The molecule has 4 nitrogen and oxygen atoms in total. The van der Waals surface area contributed by atoms with Gasteiger partial charge in [-0.05, 0) is 31.6 Å². The van der Waals surface area contributed by atoms with Crippen molar-refractivity contribution in [2.45, 2.75) is 38.0 Å². The average Bonchev–Trinajstić information content (AvgIpc) is 3.01. The Balaban J connectivity index is 1.97. The van der Waals surface area contributed by atoms with Crippen LogP contribution in [0, 0.1) is 12.1 Å². The van der Waals surface area contributed by atoms with Crippen molar-refractivity contribution in [2.75, 3.05) is 12.8 Å². The Bertz CT molecular complexity index is 654. The van der Waals surface area contributed by atoms with Crippen molar-refractivity contribution >= 4 is 17.7 Å². The van der Waals surface area contributed by atoms with E-state index in [4.69, 9.17) is 0 Å². The van der Waals surface area contributed by atoms with E-state index in [1.54, 1.807) is 18.0 Å². The van der Waals surface area contributed by atoms with E-state index in [2.05, 4.69) is 48.1 Å². The summed E-state index contributed by atoms with van der Waals surface area (Å²) in [5.41, 5.74) is 3.21. The van der Waals surface area contributed by atoms with Crippen molar-refractivity contribution in [3.8, 4) is 11.3 Å². The van der Waals surface area contributed by atoms with Gasteiger partial charge in [-0.15, -0.1) is 0 Å². The van der Waals surface area contributed by atoms with Crippen LogP contribution in [-0.4, -0.2) is 27.6 Å². The predicted octanol–water partition coefficient (Wildman–Crippen LogP) is 4.45. The van der Waals surface area contributed by atoms with E-state index in [-0.39, 0.29) is 9.52 Å². The molecule has 0 spiro atoms. The number of nitrogens with zero attached hydrogens (tertiary/aromatic N) is 2. The van der Waals surface area contributed by atoms with Gasteiger partial charge in [-0.3, -0.25) is 9.63 Å². The molecule has 1 fully saturated rings. The molecular formula is C17H23N3OS. The minimum absolute atomic E-state index is 0.360. The number of hydroxylamine groups is 2. The molecule has 0 amide bonds. The maximum absolute atomic E-state index is 13.5. The molecule has 1 saturated heterocycles. The highest BCUT2D eigenvalue weighted by Gasteiger charge is 2.46. The second kappa shape index (κ2) is 5.72. The van der Waals surface area contributed by atoms with E-state index in [0.29, 0.717) is 12.5 Å². The number of quaternary nitrogens is 1.